The largest absolute Gasteiger partial charge is 0.384 e. The van der Waals surface area contributed by atoms with Crippen LogP contribution in [0, 0.1) is 0 Å². The Morgan fingerprint density at radius 1 is 0.900 bits per heavy atom. The second-order valence-electron chi connectivity index (χ2n) is 4.91. The quantitative estimate of drug-likeness (QED) is 0.795. The monoisotopic (exact) mass is 269 g/mol. The van der Waals surface area contributed by atoms with Crippen LogP contribution in [0.5, 0.6) is 0 Å². The Hall–Kier alpha value is -2.03. The molecule has 20 heavy (non-hydrogen) atoms. The predicted molar refractivity (Wildman–Crippen MR) is 86.2 cm³/mol. The van der Waals surface area contributed by atoms with Gasteiger partial charge in [-0.1, -0.05) is 38.1 Å². The van der Waals surface area contributed by atoms with Crippen molar-refractivity contribution in [1.82, 2.24) is 4.98 Å². The van der Waals surface area contributed by atoms with Gasteiger partial charge in [0.2, 0.25) is 0 Å². The summed E-state index contributed by atoms with van der Waals surface area (Å²) in [4.78, 5) is 4.25. The lowest BCUT2D eigenvalue weighted by molar-refractivity contribution is 0.977. The second kappa shape index (κ2) is 7.53. The Bertz CT molecular complexity index is 520. The third-order valence-corrected chi connectivity index (χ3v) is 3.25. The molecular weight excluding hydrogens is 246 g/mol. The molecule has 0 radical (unpaired) electrons. The zero-order chi connectivity index (χ0) is 14.2. The number of nitrogens with one attached hydrogen (secondary N) is 2. The number of hydrogen-bond acceptors (Lipinski definition) is 3. The predicted octanol–water partition coefficient (Wildman–Crippen LogP) is 4.08. The van der Waals surface area contributed by atoms with E-state index in [0.29, 0.717) is 0 Å². The topological polar surface area (TPSA) is 37.0 Å². The zero-order valence-corrected chi connectivity index (χ0v) is 12.3. The smallest absolute Gasteiger partial charge is 0.0550 e. The maximum atomic E-state index is 4.25. The summed E-state index contributed by atoms with van der Waals surface area (Å²) in [7, 11) is 0. The van der Waals surface area contributed by atoms with Gasteiger partial charge in [-0.3, -0.25) is 4.98 Å². The molecule has 0 aliphatic carbocycles. The highest BCUT2D eigenvalue weighted by Gasteiger charge is 1.97. The molecule has 0 fully saturated rings. The van der Waals surface area contributed by atoms with E-state index in [1.807, 2.05) is 12.4 Å². The van der Waals surface area contributed by atoms with Gasteiger partial charge in [-0.25, -0.2) is 0 Å². The number of pyridine rings is 1. The molecule has 0 saturated carbocycles. The van der Waals surface area contributed by atoms with E-state index >= 15 is 0 Å². The Morgan fingerprint density at radius 2 is 1.55 bits per heavy atom. The summed E-state index contributed by atoms with van der Waals surface area (Å²) in [6.45, 7) is 6.13. The first kappa shape index (κ1) is 14.4. The normalized spacial score (nSPS) is 10.3. The van der Waals surface area contributed by atoms with Crippen LogP contribution in [-0.4, -0.2) is 11.5 Å². The van der Waals surface area contributed by atoms with Gasteiger partial charge < -0.3 is 10.6 Å². The average Bonchev–Trinajstić information content (AvgIpc) is 2.52. The van der Waals surface area contributed by atoms with Gasteiger partial charge in [-0.05, 0) is 30.0 Å². The molecule has 0 amide bonds. The highest BCUT2D eigenvalue weighted by atomic mass is 14.9. The highest BCUT2D eigenvalue weighted by Crippen LogP contribution is 2.14. The minimum Gasteiger partial charge on any atom is -0.384 e. The van der Waals surface area contributed by atoms with Gasteiger partial charge in [0, 0.05) is 13.1 Å². The minimum absolute atomic E-state index is 0.822. The van der Waals surface area contributed by atoms with Gasteiger partial charge in [0.25, 0.3) is 0 Å². The lowest BCUT2D eigenvalue weighted by Crippen LogP contribution is -2.03. The second-order valence-corrected chi connectivity index (χ2v) is 4.91. The number of aryl methyl sites for hydroxylation is 1. The van der Waals surface area contributed by atoms with Crippen LogP contribution in [0.25, 0.3) is 0 Å². The van der Waals surface area contributed by atoms with Crippen LogP contribution in [-0.2, 0) is 13.0 Å². The summed E-state index contributed by atoms with van der Waals surface area (Å²) in [5, 5.41) is 6.76. The summed E-state index contributed by atoms with van der Waals surface area (Å²) in [6.07, 6.45) is 5.92. The molecule has 2 aromatic rings. The molecule has 1 aromatic heterocycles. The van der Waals surface area contributed by atoms with Crippen molar-refractivity contribution in [2.75, 3.05) is 17.2 Å². The van der Waals surface area contributed by atoms with Crippen molar-refractivity contribution >= 4 is 11.4 Å². The van der Waals surface area contributed by atoms with Gasteiger partial charge in [0.1, 0.15) is 0 Å². The Kier molecular flexibility index (Phi) is 5.42. The van der Waals surface area contributed by atoms with Crippen LogP contribution in [0.2, 0.25) is 0 Å². The third kappa shape index (κ3) is 4.26. The molecule has 0 atom stereocenters. The molecule has 1 heterocycles. The number of anilines is 2. The summed E-state index contributed by atoms with van der Waals surface area (Å²) in [6, 6.07) is 10.8. The molecule has 106 valence electrons. The van der Waals surface area contributed by atoms with Crippen LogP contribution < -0.4 is 10.6 Å². The Labute approximate surface area is 121 Å². The standard InChI is InChI=1S/C17H23N3/c1-3-9-19-16-10-17(13-18-12-16)20-11-15-7-5-14(4-2)6-8-15/h5-8,10,12-13,19-20H,3-4,9,11H2,1-2H3. The van der Waals surface area contributed by atoms with Crippen molar-refractivity contribution in [2.24, 2.45) is 0 Å². The molecule has 0 unspecified atom stereocenters. The molecule has 3 nitrogen and oxygen atoms in total. The number of rotatable bonds is 7. The zero-order valence-electron chi connectivity index (χ0n) is 12.3. The number of nitrogens with zero attached hydrogens (tertiary/aromatic N) is 1. The molecular formula is C17H23N3. The van der Waals surface area contributed by atoms with Crippen LogP contribution in [0.1, 0.15) is 31.4 Å². The van der Waals surface area contributed by atoms with E-state index in [1.165, 1.54) is 11.1 Å². The number of benzene rings is 1. The van der Waals surface area contributed by atoms with Gasteiger partial charge in [-0.2, -0.15) is 0 Å². The fraction of sp³-hybridized carbons (Fsp3) is 0.353. The van der Waals surface area contributed by atoms with Crippen LogP contribution in [0.4, 0.5) is 11.4 Å². The lowest BCUT2D eigenvalue weighted by Gasteiger charge is -2.09. The Morgan fingerprint density at radius 3 is 2.20 bits per heavy atom. The Balaban J connectivity index is 1.92. The molecule has 1 aromatic carbocycles. The molecule has 2 rings (SSSR count). The molecule has 0 aliphatic heterocycles. The van der Waals surface area contributed by atoms with Crippen molar-refractivity contribution < 1.29 is 0 Å². The molecule has 0 bridgehead atoms. The van der Waals surface area contributed by atoms with E-state index < -0.39 is 0 Å². The van der Waals surface area contributed by atoms with Gasteiger partial charge in [0.15, 0.2) is 0 Å². The van der Waals surface area contributed by atoms with E-state index in [4.69, 9.17) is 0 Å². The summed E-state index contributed by atoms with van der Waals surface area (Å²) in [5.74, 6) is 0. The SMILES string of the molecule is CCCNc1cncc(NCc2ccc(CC)cc2)c1. The maximum absolute atomic E-state index is 4.25. The molecule has 0 spiro atoms. The number of aromatic nitrogens is 1. The van der Waals surface area contributed by atoms with Crippen molar-refractivity contribution in [3.63, 3.8) is 0 Å². The summed E-state index contributed by atoms with van der Waals surface area (Å²) < 4.78 is 0. The summed E-state index contributed by atoms with van der Waals surface area (Å²) in [5.41, 5.74) is 4.78. The van der Waals surface area contributed by atoms with E-state index in [1.54, 1.807) is 0 Å². The average molecular weight is 269 g/mol. The fourth-order valence-corrected chi connectivity index (χ4v) is 2.00. The number of hydrogen-bond donors (Lipinski definition) is 2. The van der Waals surface area contributed by atoms with Crippen LogP contribution >= 0.6 is 0 Å². The molecule has 0 saturated heterocycles. The first-order valence-electron chi connectivity index (χ1n) is 7.32. The van der Waals surface area contributed by atoms with E-state index in [0.717, 1.165) is 37.3 Å². The van der Waals surface area contributed by atoms with Crippen LogP contribution in [0.3, 0.4) is 0 Å². The van der Waals surface area contributed by atoms with Crippen molar-refractivity contribution in [1.29, 1.82) is 0 Å². The maximum Gasteiger partial charge on any atom is 0.0550 e. The van der Waals surface area contributed by atoms with E-state index in [9.17, 15) is 0 Å². The van der Waals surface area contributed by atoms with Gasteiger partial charge in [-0.15, -0.1) is 0 Å². The van der Waals surface area contributed by atoms with Crippen molar-refractivity contribution in [2.45, 2.75) is 33.2 Å². The summed E-state index contributed by atoms with van der Waals surface area (Å²) >= 11 is 0. The van der Waals surface area contributed by atoms with Crippen molar-refractivity contribution in [3.8, 4) is 0 Å². The first-order valence-corrected chi connectivity index (χ1v) is 7.32. The van der Waals surface area contributed by atoms with Gasteiger partial charge in [0.05, 0.1) is 23.8 Å². The van der Waals surface area contributed by atoms with E-state index in [2.05, 4.69) is 59.8 Å². The highest BCUT2D eigenvalue weighted by molar-refractivity contribution is 5.54. The molecule has 3 heteroatoms. The van der Waals surface area contributed by atoms with Crippen molar-refractivity contribution in [3.05, 3.63) is 53.9 Å². The first-order chi connectivity index (χ1) is 9.81. The third-order valence-electron chi connectivity index (χ3n) is 3.25. The molecule has 0 aliphatic rings. The lowest BCUT2D eigenvalue weighted by atomic mass is 10.1. The fourth-order valence-electron chi connectivity index (χ4n) is 2.00. The molecule has 2 N–H and O–H groups in total. The van der Waals surface area contributed by atoms with E-state index in [-0.39, 0.29) is 0 Å². The minimum atomic E-state index is 0.822. The van der Waals surface area contributed by atoms with Gasteiger partial charge >= 0.3 is 0 Å². The van der Waals surface area contributed by atoms with Crippen LogP contribution in [0.15, 0.2) is 42.7 Å².